The van der Waals surface area contributed by atoms with E-state index in [1.807, 2.05) is 0 Å². The van der Waals surface area contributed by atoms with Crippen LogP contribution in [0.1, 0.15) is 349 Å². The fraction of sp³-hybridized carbons (Fsp3) is 0.941. The summed E-state index contributed by atoms with van der Waals surface area (Å²) in [5.74, 6) is -1.38. The third kappa shape index (κ3) is 62.6. The lowest BCUT2D eigenvalue weighted by atomic mass is 10.0. The Balaban J connectivity index is 5.23. The van der Waals surface area contributed by atoms with Crippen LogP contribution < -0.4 is 0 Å². The highest BCUT2D eigenvalue weighted by atomic mass is 31.2. The van der Waals surface area contributed by atoms with Gasteiger partial charge in [0, 0.05) is 25.7 Å². The average Bonchev–Trinajstić information content (AvgIpc) is 3.70. The third-order valence-corrected chi connectivity index (χ3v) is 17.7. The van der Waals surface area contributed by atoms with E-state index >= 15 is 0 Å². The quantitative estimate of drug-likeness (QED) is 0.0222. The van der Waals surface area contributed by atoms with Crippen LogP contribution in [0.15, 0.2) is 0 Å². The van der Waals surface area contributed by atoms with Crippen molar-refractivity contribution in [3.05, 3.63) is 0 Å². The standard InChI is InChI=1S/C68H132O17P2/c1-6-9-12-15-18-21-23-24-25-26-28-33-39-44-49-54-68(73)85-64(58-79-66(71)52-47-42-37-34-29-31-35-40-45-50-61(4)5)60-83-87(76,77)81-56-62(69)55-80-86(74,75)82-59-63(57-78-65(70)51-46-41-36-30-20-17-14-11-8-3)84-67(72)53-48-43-38-32-27-22-19-16-13-10-7-2/h61-64,69H,6-60H2,1-5H3,(H,74,75)(H,76,77)/t62-,63+,64+/m0/s1. The fourth-order valence-corrected chi connectivity index (χ4v) is 11.9. The molecule has 0 radical (unpaired) electrons. The summed E-state index contributed by atoms with van der Waals surface area (Å²) in [7, 11) is -9.89. The number of aliphatic hydroxyl groups is 1. The van der Waals surface area contributed by atoms with Crippen molar-refractivity contribution >= 4 is 39.5 Å². The lowest BCUT2D eigenvalue weighted by Crippen LogP contribution is -2.30. The van der Waals surface area contributed by atoms with Gasteiger partial charge in [0.2, 0.25) is 0 Å². The minimum atomic E-state index is -4.95. The molecule has 19 heteroatoms. The van der Waals surface area contributed by atoms with Crippen molar-refractivity contribution in [2.75, 3.05) is 39.6 Å². The molecule has 0 fully saturated rings. The van der Waals surface area contributed by atoms with E-state index in [0.717, 1.165) is 95.8 Å². The van der Waals surface area contributed by atoms with Gasteiger partial charge in [-0.2, -0.15) is 0 Å². The van der Waals surface area contributed by atoms with Crippen molar-refractivity contribution in [2.24, 2.45) is 5.92 Å². The molecule has 0 rings (SSSR count). The molecule has 0 aromatic rings. The summed E-state index contributed by atoms with van der Waals surface area (Å²) in [4.78, 5) is 72.4. The smallest absolute Gasteiger partial charge is 0.462 e. The molecule has 0 heterocycles. The van der Waals surface area contributed by atoms with Crippen molar-refractivity contribution < 1.29 is 80.2 Å². The fourth-order valence-electron chi connectivity index (χ4n) is 10.3. The molecule has 0 saturated carbocycles. The third-order valence-electron chi connectivity index (χ3n) is 15.8. The number of carbonyl (C=O) groups is 4. The number of hydrogen-bond acceptors (Lipinski definition) is 15. The van der Waals surface area contributed by atoms with Gasteiger partial charge >= 0.3 is 39.5 Å². The summed E-state index contributed by atoms with van der Waals surface area (Å²) in [5.41, 5.74) is 0. The largest absolute Gasteiger partial charge is 0.472 e. The first-order valence-electron chi connectivity index (χ1n) is 35.6. The normalized spacial score (nSPS) is 14.1. The van der Waals surface area contributed by atoms with Crippen LogP contribution in [-0.4, -0.2) is 96.7 Å². The number of phosphoric acid groups is 2. The van der Waals surface area contributed by atoms with E-state index in [9.17, 15) is 43.2 Å². The Morgan fingerprint density at radius 1 is 0.310 bits per heavy atom. The van der Waals surface area contributed by atoms with Crippen LogP contribution in [0.3, 0.4) is 0 Å². The number of rotatable bonds is 68. The molecule has 3 N–H and O–H groups in total. The summed E-state index contributed by atoms with van der Waals surface area (Å²) < 4.78 is 68.2. The highest BCUT2D eigenvalue weighted by Crippen LogP contribution is 2.45. The van der Waals surface area contributed by atoms with Crippen LogP contribution >= 0.6 is 15.6 Å². The molecule has 0 saturated heterocycles. The Labute approximate surface area is 530 Å². The molecule has 2 unspecified atom stereocenters. The number of esters is 4. The highest BCUT2D eigenvalue weighted by molar-refractivity contribution is 7.47. The van der Waals surface area contributed by atoms with Gasteiger partial charge in [0.15, 0.2) is 12.2 Å². The highest BCUT2D eigenvalue weighted by Gasteiger charge is 2.30. The number of ether oxygens (including phenoxy) is 4. The Morgan fingerprint density at radius 2 is 0.529 bits per heavy atom. The second-order valence-electron chi connectivity index (χ2n) is 25.0. The van der Waals surface area contributed by atoms with Crippen molar-refractivity contribution in [1.29, 1.82) is 0 Å². The van der Waals surface area contributed by atoms with Gasteiger partial charge < -0.3 is 33.8 Å². The van der Waals surface area contributed by atoms with Gasteiger partial charge in [0.1, 0.15) is 19.3 Å². The summed E-state index contributed by atoms with van der Waals surface area (Å²) in [6.45, 7) is 7.20. The second kappa shape index (κ2) is 61.6. The lowest BCUT2D eigenvalue weighted by Gasteiger charge is -2.21. The van der Waals surface area contributed by atoms with Crippen molar-refractivity contribution in [1.82, 2.24) is 0 Å². The molecular formula is C68H132O17P2. The molecule has 0 aliphatic carbocycles. The first kappa shape index (κ1) is 85.1. The van der Waals surface area contributed by atoms with E-state index in [2.05, 4.69) is 34.6 Å². The number of unbranched alkanes of at least 4 members (excludes halogenated alkanes) is 40. The minimum absolute atomic E-state index is 0.107. The lowest BCUT2D eigenvalue weighted by molar-refractivity contribution is -0.161. The van der Waals surface area contributed by atoms with Gasteiger partial charge in [-0.15, -0.1) is 0 Å². The number of carbonyl (C=O) groups excluding carboxylic acids is 4. The van der Waals surface area contributed by atoms with Gasteiger partial charge in [-0.1, -0.05) is 298 Å². The second-order valence-corrected chi connectivity index (χ2v) is 27.9. The zero-order chi connectivity index (χ0) is 64.2. The molecule has 516 valence electrons. The number of aliphatic hydroxyl groups excluding tert-OH is 1. The molecule has 0 aliphatic heterocycles. The van der Waals surface area contributed by atoms with E-state index < -0.39 is 97.5 Å². The van der Waals surface area contributed by atoms with E-state index in [1.165, 1.54) is 173 Å². The Bertz CT molecular complexity index is 1690. The van der Waals surface area contributed by atoms with E-state index in [4.69, 9.17) is 37.0 Å². The Kier molecular flexibility index (Phi) is 60.2. The molecule has 17 nitrogen and oxygen atoms in total. The minimum Gasteiger partial charge on any atom is -0.462 e. The van der Waals surface area contributed by atoms with E-state index in [-0.39, 0.29) is 25.7 Å². The van der Waals surface area contributed by atoms with Gasteiger partial charge in [0.05, 0.1) is 26.4 Å². The predicted molar refractivity (Wildman–Crippen MR) is 349 cm³/mol. The maximum atomic E-state index is 13.0. The summed E-state index contributed by atoms with van der Waals surface area (Å²) in [6.07, 6.45) is 47.1. The van der Waals surface area contributed by atoms with Crippen LogP contribution in [0.25, 0.3) is 0 Å². The van der Waals surface area contributed by atoms with E-state index in [1.54, 1.807) is 0 Å². The van der Waals surface area contributed by atoms with Crippen LogP contribution in [0.4, 0.5) is 0 Å². The summed E-state index contributed by atoms with van der Waals surface area (Å²) in [6, 6.07) is 0. The Morgan fingerprint density at radius 3 is 0.782 bits per heavy atom. The van der Waals surface area contributed by atoms with Crippen molar-refractivity contribution in [3.8, 4) is 0 Å². The molecule has 0 spiro atoms. The molecule has 0 aromatic heterocycles. The zero-order valence-corrected chi connectivity index (χ0v) is 57.9. The van der Waals surface area contributed by atoms with Gasteiger partial charge in [-0.25, -0.2) is 9.13 Å². The molecule has 0 aliphatic rings. The van der Waals surface area contributed by atoms with Gasteiger partial charge in [-0.05, 0) is 31.6 Å². The van der Waals surface area contributed by atoms with Crippen LogP contribution in [-0.2, 0) is 65.4 Å². The maximum absolute atomic E-state index is 13.0. The maximum Gasteiger partial charge on any atom is 0.472 e. The molecule has 0 amide bonds. The number of hydrogen-bond donors (Lipinski definition) is 3. The van der Waals surface area contributed by atoms with Gasteiger partial charge in [-0.3, -0.25) is 37.3 Å². The molecule has 87 heavy (non-hydrogen) atoms. The number of phosphoric ester groups is 2. The molecular weight excluding hydrogens is 1150 g/mol. The molecule has 0 bridgehead atoms. The molecule has 0 aromatic carbocycles. The SMILES string of the molecule is CCCCCCCCCCCCCCCCCC(=O)O[C@H](COC(=O)CCCCCCCCCCCC(C)C)COP(=O)(O)OC[C@@H](O)COP(=O)(O)OC[C@@H](COC(=O)CCCCCCCCCCC)OC(=O)CCCCCCCCCCCCC. The van der Waals surface area contributed by atoms with Gasteiger partial charge in [0.25, 0.3) is 0 Å². The van der Waals surface area contributed by atoms with Crippen LogP contribution in [0, 0.1) is 5.92 Å². The van der Waals surface area contributed by atoms with Crippen LogP contribution in [0.2, 0.25) is 0 Å². The Hall–Kier alpha value is -1.94. The predicted octanol–water partition coefficient (Wildman–Crippen LogP) is 19.4. The monoisotopic (exact) mass is 1280 g/mol. The van der Waals surface area contributed by atoms with Crippen molar-refractivity contribution in [2.45, 2.75) is 368 Å². The van der Waals surface area contributed by atoms with E-state index in [0.29, 0.717) is 25.7 Å². The molecule has 5 atom stereocenters. The topological polar surface area (TPSA) is 237 Å². The first-order valence-corrected chi connectivity index (χ1v) is 38.6. The van der Waals surface area contributed by atoms with Crippen molar-refractivity contribution in [3.63, 3.8) is 0 Å². The zero-order valence-electron chi connectivity index (χ0n) is 56.2. The summed E-state index contributed by atoms with van der Waals surface area (Å²) in [5, 5.41) is 10.6. The summed E-state index contributed by atoms with van der Waals surface area (Å²) >= 11 is 0. The average molecular weight is 1280 g/mol. The first-order chi connectivity index (χ1) is 42.0. The van der Waals surface area contributed by atoms with Crippen LogP contribution in [0.5, 0.6) is 0 Å².